The van der Waals surface area contributed by atoms with Crippen molar-refractivity contribution < 1.29 is 27.4 Å². The molecule has 0 radical (unpaired) electrons. The van der Waals surface area contributed by atoms with Gasteiger partial charge in [0.15, 0.2) is 0 Å². The highest BCUT2D eigenvalue weighted by molar-refractivity contribution is 7.79. The van der Waals surface area contributed by atoms with Crippen molar-refractivity contribution in [1.29, 1.82) is 0 Å². The van der Waals surface area contributed by atoms with Gasteiger partial charge < -0.3 is 25.8 Å². The molecule has 0 saturated carbocycles. The number of nitrogens with two attached hydrogens (primary N) is 1. The molecule has 0 amide bonds. The highest BCUT2D eigenvalue weighted by Crippen LogP contribution is 2.27. The number of morpholine rings is 1. The molecule has 1 aliphatic heterocycles. The van der Waals surface area contributed by atoms with Gasteiger partial charge in [0, 0.05) is 25.3 Å². The molecule has 9 nitrogen and oxygen atoms in total. The zero-order valence-corrected chi connectivity index (χ0v) is 12.8. The summed E-state index contributed by atoms with van der Waals surface area (Å²) in [6.45, 7) is 3.93. The first-order valence-electron chi connectivity index (χ1n) is 6.58. The van der Waals surface area contributed by atoms with E-state index in [0.717, 1.165) is 43.4 Å². The van der Waals surface area contributed by atoms with Crippen LogP contribution in [-0.2, 0) is 15.1 Å². The van der Waals surface area contributed by atoms with Crippen LogP contribution in [0.2, 0.25) is 0 Å². The van der Waals surface area contributed by atoms with E-state index in [4.69, 9.17) is 33.1 Å². The van der Waals surface area contributed by atoms with Crippen molar-refractivity contribution in [3.8, 4) is 0 Å². The van der Waals surface area contributed by atoms with Gasteiger partial charge in [0.05, 0.1) is 31.2 Å². The lowest BCUT2D eigenvalue weighted by molar-refractivity contribution is 0.123. The highest BCUT2D eigenvalue weighted by Gasteiger charge is 2.13. The van der Waals surface area contributed by atoms with Gasteiger partial charge in [0.1, 0.15) is 0 Å². The van der Waals surface area contributed by atoms with E-state index in [1.165, 1.54) is 0 Å². The number of nitrogen functional groups attached to an aromatic ring is 1. The molecular weight excluding hydrogens is 314 g/mol. The normalized spacial score (nSPS) is 15.0. The largest absolute Gasteiger partial charge is 0.397 e. The second kappa shape index (κ2) is 8.76. The molecule has 1 heterocycles. The van der Waals surface area contributed by atoms with Crippen LogP contribution in [0.5, 0.6) is 0 Å². The minimum absolute atomic E-state index is 0.116. The standard InChI is InChI=1S/C12H19N3O2.H2O4S/c13-11-9-10(14-3-6-16)1-2-12(11)15-4-7-17-8-5-15;1-5(2,3)4/h1-2,9,14,16H,3-8,13H2;(H2,1,2,3,4). The van der Waals surface area contributed by atoms with E-state index in [9.17, 15) is 0 Å². The van der Waals surface area contributed by atoms with Crippen LogP contribution in [0.25, 0.3) is 0 Å². The number of aliphatic hydroxyl groups is 1. The average molecular weight is 335 g/mol. The second-order valence-corrected chi connectivity index (χ2v) is 5.37. The fourth-order valence-corrected chi connectivity index (χ4v) is 1.96. The van der Waals surface area contributed by atoms with Crippen molar-refractivity contribution in [2.24, 2.45) is 0 Å². The van der Waals surface area contributed by atoms with Crippen molar-refractivity contribution in [3.05, 3.63) is 18.2 Å². The number of aliphatic hydroxyl groups excluding tert-OH is 1. The highest BCUT2D eigenvalue weighted by atomic mass is 32.3. The predicted molar refractivity (Wildman–Crippen MR) is 83.6 cm³/mol. The zero-order chi connectivity index (χ0) is 16.6. The molecule has 0 atom stereocenters. The van der Waals surface area contributed by atoms with E-state index in [-0.39, 0.29) is 6.61 Å². The van der Waals surface area contributed by atoms with E-state index in [2.05, 4.69) is 10.2 Å². The Kier molecular flexibility index (Phi) is 7.35. The molecule has 10 heteroatoms. The van der Waals surface area contributed by atoms with E-state index < -0.39 is 10.4 Å². The summed E-state index contributed by atoms with van der Waals surface area (Å²) in [5.74, 6) is 0. The fraction of sp³-hybridized carbons (Fsp3) is 0.500. The molecule has 1 aliphatic rings. The number of benzene rings is 1. The molecule has 2 rings (SSSR count). The Labute approximate surface area is 129 Å². The summed E-state index contributed by atoms with van der Waals surface area (Å²) in [4.78, 5) is 2.23. The maximum Gasteiger partial charge on any atom is 0.394 e. The number of anilines is 3. The van der Waals surface area contributed by atoms with Crippen LogP contribution in [0.3, 0.4) is 0 Å². The van der Waals surface area contributed by atoms with Crippen molar-refractivity contribution in [3.63, 3.8) is 0 Å². The Morgan fingerprint density at radius 1 is 1.27 bits per heavy atom. The predicted octanol–water partition coefficient (Wildman–Crippen LogP) is -0.143. The molecule has 0 spiro atoms. The Morgan fingerprint density at radius 3 is 2.36 bits per heavy atom. The average Bonchev–Trinajstić information content (AvgIpc) is 2.44. The summed E-state index contributed by atoms with van der Waals surface area (Å²) in [6, 6.07) is 5.90. The van der Waals surface area contributed by atoms with Gasteiger partial charge in [-0.2, -0.15) is 8.42 Å². The quantitative estimate of drug-likeness (QED) is 0.375. The van der Waals surface area contributed by atoms with Crippen molar-refractivity contribution in [1.82, 2.24) is 0 Å². The molecular formula is C12H21N3O6S. The molecule has 0 aliphatic carbocycles. The van der Waals surface area contributed by atoms with Crippen molar-refractivity contribution in [2.45, 2.75) is 0 Å². The lowest BCUT2D eigenvalue weighted by atomic mass is 10.2. The Morgan fingerprint density at radius 2 is 1.86 bits per heavy atom. The first kappa shape index (κ1) is 18.5. The number of rotatable bonds is 4. The summed E-state index contributed by atoms with van der Waals surface area (Å²) < 4.78 is 36.9. The third kappa shape index (κ3) is 7.43. The van der Waals surface area contributed by atoms with Gasteiger partial charge in [0.25, 0.3) is 0 Å². The van der Waals surface area contributed by atoms with Crippen LogP contribution in [-0.4, -0.2) is 62.1 Å². The third-order valence-electron chi connectivity index (χ3n) is 2.82. The number of nitrogens with zero attached hydrogens (tertiary/aromatic N) is 1. The maximum atomic E-state index is 8.74. The summed E-state index contributed by atoms with van der Waals surface area (Å²) in [5.41, 5.74) is 8.79. The molecule has 126 valence electrons. The van der Waals surface area contributed by atoms with Crippen LogP contribution in [0.4, 0.5) is 17.1 Å². The molecule has 1 aromatic carbocycles. The first-order chi connectivity index (χ1) is 10.3. The number of nitrogens with one attached hydrogen (secondary N) is 1. The summed E-state index contributed by atoms with van der Waals surface area (Å²) >= 11 is 0. The van der Waals surface area contributed by atoms with Crippen LogP contribution < -0.4 is 16.0 Å². The molecule has 22 heavy (non-hydrogen) atoms. The van der Waals surface area contributed by atoms with Crippen molar-refractivity contribution >= 4 is 27.5 Å². The van der Waals surface area contributed by atoms with Gasteiger partial charge in [-0.05, 0) is 18.2 Å². The van der Waals surface area contributed by atoms with Gasteiger partial charge in [-0.1, -0.05) is 0 Å². The molecule has 0 aromatic heterocycles. The Bertz CT molecular complexity index is 552. The van der Waals surface area contributed by atoms with Crippen LogP contribution in [0, 0.1) is 0 Å². The Balaban J connectivity index is 0.000000422. The summed E-state index contributed by atoms with van der Waals surface area (Å²) in [6.07, 6.45) is 0. The molecule has 1 saturated heterocycles. The van der Waals surface area contributed by atoms with Crippen molar-refractivity contribution in [2.75, 3.05) is 55.4 Å². The lowest BCUT2D eigenvalue weighted by Crippen LogP contribution is -2.36. The van der Waals surface area contributed by atoms with Crippen LogP contribution in [0.1, 0.15) is 0 Å². The van der Waals surface area contributed by atoms with Gasteiger partial charge in [-0.3, -0.25) is 9.11 Å². The number of hydrogen-bond donors (Lipinski definition) is 5. The van der Waals surface area contributed by atoms with E-state index >= 15 is 0 Å². The van der Waals surface area contributed by atoms with Gasteiger partial charge in [-0.25, -0.2) is 0 Å². The molecule has 1 fully saturated rings. The number of ether oxygens (including phenoxy) is 1. The molecule has 6 N–H and O–H groups in total. The monoisotopic (exact) mass is 335 g/mol. The van der Waals surface area contributed by atoms with Gasteiger partial charge in [-0.15, -0.1) is 0 Å². The van der Waals surface area contributed by atoms with Crippen LogP contribution in [0.15, 0.2) is 18.2 Å². The van der Waals surface area contributed by atoms with Gasteiger partial charge >= 0.3 is 10.4 Å². The zero-order valence-electron chi connectivity index (χ0n) is 12.0. The van der Waals surface area contributed by atoms with E-state index in [1.807, 2.05) is 18.2 Å². The topological polar surface area (TPSA) is 145 Å². The maximum absolute atomic E-state index is 8.74. The molecule has 0 bridgehead atoms. The number of hydrogen-bond acceptors (Lipinski definition) is 7. The molecule has 0 unspecified atom stereocenters. The lowest BCUT2D eigenvalue weighted by Gasteiger charge is -2.30. The minimum Gasteiger partial charge on any atom is -0.397 e. The summed E-state index contributed by atoms with van der Waals surface area (Å²) in [7, 11) is -4.67. The van der Waals surface area contributed by atoms with E-state index in [1.54, 1.807) is 0 Å². The minimum atomic E-state index is -4.67. The fourth-order valence-electron chi connectivity index (χ4n) is 1.96. The second-order valence-electron chi connectivity index (χ2n) is 4.47. The third-order valence-corrected chi connectivity index (χ3v) is 2.82. The Hall–Kier alpha value is -1.59. The summed E-state index contributed by atoms with van der Waals surface area (Å²) in [5, 5.41) is 11.8. The van der Waals surface area contributed by atoms with E-state index in [0.29, 0.717) is 6.54 Å². The van der Waals surface area contributed by atoms with Gasteiger partial charge in [0.2, 0.25) is 0 Å². The first-order valence-corrected chi connectivity index (χ1v) is 7.98. The molecule has 1 aromatic rings. The van der Waals surface area contributed by atoms with Crippen LogP contribution >= 0.6 is 0 Å². The SMILES string of the molecule is Nc1cc(NCCO)ccc1N1CCOCC1.O=S(=O)(O)O. The smallest absolute Gasteiger partial charge is 0.394 e.